The Morgan fingerprint density at radius 3 is 2.42 bits per heavy atom. The molecular formula is C12H24N2O4S. The fourth-order valence-electron chi connectivity index (χ4n) is 2.04. The number of hydrogen-bond donors (Lipinski definition) is 1. The first-order chi connectivity index (χ1) is 9.06. The predicted molar refractivity (Wildman–Crippen MR) is 72.8 cm³/mol. The molecule has 7 heteroatoms. The van der Waals surface area contributed by atoms with Crippen LogP contribution in [0, 0.1) is 0 Å². The first-order valence-corrected chi connectivity index (χ1v) is 8.40. The minimum atomic E-state index is -3.39. The molecule has 0 aromatic heterocycles. The lowest BCUT2D eigenvalue weighted by Crippen LogP contribution is -2.41. The maximum absolute atomic E-state index is 12.0. The van der Waals surface area contributed by atoms with Crippen LogP contribution in [0.3, 0.4) is 0 Å². The molecule has 1 heterocycles. The summed E-state index contributed by atoms with van der Waals surface area (Å²) in [6.07, 6.45) is 4.74. The minimum absolute atomic E-state index is 0.246. The summed E-state index contributed by atoms with van der Waals surface area (Å²) < 4.78 is 32.8. The van der Waals surface area contributed by atoms with Gasteiger partial charge in [0.15, 0.2) is 0 Å². The van der Waals surface area contributed by atoms with Gasteiger partial charge < -0.3 is 4.74 Å². The van der Waals surface area contributed by atoms with Crippen LogP contribution in [0.4, 0.5) is 0 Å². The van der Waals surface area contributed by atoms with E-state index in [4.69, 9.17) is 4.74 Å². The largest absolute Gasteiger partial charge is 0.466 e. The van der Waals surface area contributed by atoms with Gasteiger partial charge in [-0.15, -0.1) is 0 Å². The van der Waals surface area contributed by atoms with Crippen LogP contribution >= 0.6 is 0 Å². The number of hydrogen-bond acceptors (Lipinski definition) is 4. The molecular weight excluding hydrogens is 268 g/mol. The van der Waals surface area contributed by atoms with E-state index in [1.807, 2.05) is 0 Å². The average molecular weight is 292 g/mol. The topological polar surface area (TPSA) is 75.7 Å². The van der Waals surface area contributed by atoms with E-state index in [0.717, 1.165) is 25.7 Å². The lowest BCUT2D eigenvalue weighted by molar-refractivity contribution is -0.143. The van der Waals surface area contributed by atoms with Crippen LogP contribution in [-0.2, 0) is 19.7 Å². The van der Waals surface area contributed by atoms with Gasteiger partial charge in [-0.05, 0) is 26.2 Å². The number of carbonyl (C=O) groups excluding carboxylic acids is 1. The third-order valence-corrected chi connectivity index (χ3v) is 4.67. The van der Waals surface area contributed by atoms with Crippen LogP contribution in [0.1, 0.15) is 45.4 Å². The maximum Gasteiger partial charge on any atom is 0.305 e. The number of ether oxygens (including phenoxy) is 1. The van der Waals surface area contributed by atoms with Gasteiger partial charge in [0.1, 0.15) is 0 Å². The molecule has 0 radical (unpaired) electrons. The zero-order chi connectivity index (χ0) is 14.1. The second-order valence-corrected chi connectivity index (χ2v) is 6.38. The summed E-state index contributed by atoms with van der Waals surface area (Å²) in [7, 11) is -3.39. The Morgan fingerprint density at radius 1 is 1.21 bits per heavy atom. The van der Waals surface area contributed by atoms with Gasteiger partial charge in [-0.25, -0.2) is 4.72 Å². The molecule has 1 aliphatic heterocycles. The Bertz CT molecular complexity index is 362. The van der Waals surface area contributed by atoms with Gasteiger partial charge in [-0.2, -0.15) is 12.7 Å². The number of carbonyl (C=O) groups is 1. The van der Waals surface area contributed by atoms with Crippen LogP contribution < -0.4 is 4.72 Å². The van der Waals surface area contributed by atoms with Crippen LogP contribution in [0.15, 0.2) is 0 Å². The molecule has 0 aromatic rings. The van der Waals surface area contributed by atoms with Crippen molar-refractivity contribution in [3.05, 3.63) is 0 Å². The monoisotopic (exact) mass is 292 g/mol. The van der Waals surface area contributed by atoms with E-state index in [-0.39, 0.29) is 18.9 Å². The Hall–Kier alpha value is -0.660. The standard InChI is InChI=1S/C12H24N2O4S/c1-2-18-12(15)8-7-9-13-19(16,17)14-10-5-3-4-6-11-14/h13H,2-11H2,1H3. The first-order valence-electron chi connectivity index (χ1n) is 6.96. The molecule has 112 valence electrons. The van der Waals surface area contributed by atoms with Gasteiger partial charge in [0, 0.05) is 26.1 Å². The summed E-state index contributed by atoms with van der Waals surface area (Å²) in [5.41, 5.74) is 0. The Labute approximate surface area is 115 Å². The highest BCUT2D eigenvalue weighted by Gasteiger charge is 2.22. The second kappa shape index (κ2) is 8.50. The lowest BCUT2D eigenvalue weighted by atomic mass is 10.2. The smallest absolute Gasteiger partial charge is 0.305 e. The molecule has 19 heavy (non-hydrogen) atoms. The van der Waals surface area contributed by atoms with Gasteiger partial charge in [-0.1, -0.05) is 12.8 Å². The Kier molecular flexibility index (Phi) is 7.33. The summed E-state index contributed by atoms with van der Waals surface area (Å²) in [4.78, 5) is 11.1. The zero-order valence-electron chi connectivity index (χ0n) is 11.6. The molecule has 0 saturated carbocycles. The van der Waals surface area contributed by atoms with Crippen molar-refractivity contribution in [3.8, 4) is 0 Å². The molecule has 0 aromatic carbocycles. The van der Waals surface area contributed by atoms with Gasteiger partial charge in [0.25, 0.3) is 10.2 Å². The van der Waals surface area contributed by atoms with Crippen molar-refractivity contribution in [3.63, 3.8) is 0 Å². The third-order valence-electron chi connectivity index (χ3n) is 3.05. The summed E-state index contributed by atoms with van der Waals surface area (Å²) in [6, 6.07) is 0. The maximum atomic E-state index is 12.0. The second-order valence-electron chi connectivity index (χ2n) is 4.62. The van der Waals surface area contributed by atoms with Crippen LogP contribution in [0.25, 0.3) is 0 Å². The van der Waals surface area contributed by atoms with Gasteiger partial charge >= 0.3 is 5.97 Å². The first kappa shape index (κ1) is 16.4. The van der Waals surface area contributed by atoms with E-state index >= 15 is 0 Å². The molecule has 1 fully saturated rings. The van der Waals surface area contributed by atoms with E-state index in [1.165, 1.54) is 4.31 Å². The van der Waals surface area contributed by atoms with Gasteiger partial charge in [0.2, 0.25) is 0 Å². The minimum Gasteiger partial charge on any atom is -0.466 e. The third kappa shape index (κ3) is 6.35. The van der Waals surface area contributed by atoms with Crippen molar-refractivity contribution in [1.82, 2.24) is 9.03 Å². The molecule has 0 spiro atoms. The molecule has 1 aliphatic rings. The summed E-state index contributed by atoms with van der Waals surface area (Å²) >= 11 is 0. The van der Waals surface area contributed by atoms with E-state index in [0.29, 0.717) is 26.1 Å². The molecule has 0 unspecified atom stereocenters. The number of esters is 1. The average Bonchev–Trinajstić information content (AvgIpc) is 2.64. The summed E-state index contributed by atoms with van der Waals surface area (Å²) in [6.45, 7) is 3.57. The fraction of sp³-hybridized carbons (Fsp3) is 0.917. The van der Waals surface area contributed by atoms with E-state index in [9.17, 15) is 13.2 Å². The molecule has 1 rings (SSSR count). The molecule has 0 amide bonds. The zero-order valence-corrected chi connectivity index (χ0v) is 12.4. The molecule has 0 bridgehead atoms. The van der Waals surface area contributed by atoms with E-state index in [2.05, 4.69) is 4.72 Å². The normalized spacial score (nSPS) is 17.9. The van der Waals surface area contributed by atoms with Crippen molar-refractivity contribution >= 4 is 16.2 Å². The Balaban J connectivity index is 2.28. The van der Waals surface area contributed by atoms with Crippen molar-refractivity contribution in [1.29, 1.82) is 0 Å². The van der Waals surface area contributed by atoms with Gasteiger partial charge in [0.05, 0.1) is 6.61 Å². The number of nitrogens with zero attached hydrogens (tertiary/aromatic N) is 1. The van der Waals surface area contributed by atoms with E-state index < -0.39 is 10.2 Å². The fourth-order valence-corrected chi connectivity index (χ4v) is 3.36. The summed E-state index contributed by atoms with van der Waals surface area (Å²) in [5, 5.41) is 0. The number of nitrogens with one attached hydrogen (secondary N) is 1. The summed E-state index contributed by atoms with van der Waals surface area (Å²) in [5.74, 6) is -0.281. The molecule has 0 atom stereocenters. The van der Waals surface area contributed by atoms with Gasteiger partial charge in [-0.3, -0.25) is 4.79 Å². The number of rotatable bonds is 7. The quantitative estimate of drug-likeness (QED) is 0.562. The predicted octanol–water partition coefficient (Wildman–Crippen LogP) is 1.04. The molecule has 6 nitrogen and oxygen atoms in total. The van der Waals surface area contributed by atoms with Crippen molar-refractivity contribution in [2.45, 2.75) is 45.4 Å². The highest BCUT2D eigenvalue weighted by Crippen LogP contribution is 2.12. The van der Waals surface area contributed by atoms with E-state index in [1.54, 1.807) is 6.92 Å². The Morgan fingerprint density at radius 2 is 1.84 bits per heavy atom. The highest BCUT2D eigenvalue weighted by molar-refractivity contribution is 7.87. The highest BCUT2D eigenvalue weighted by atomic mass is 32.2. The van der Waals surface area contributed by atoms with Crippen molar-refractivity contribution in [2.75, 3.05) is 26.2 Å². The SMILES string of the molecule is CCOC(=O)CCCNS(=O)(=O)N1CCCCCC1. The van der Waals surface area contributed by atoms with Crippen LogP contribution in [-0.4, -0.2) is 44.9 Å². The van der Waals surface area contributed by atoms with Crippen LogP contribution in [0.2, 0.25) is 0 Å². The van der Waals surface area contributed by atoms with Crippen molar-refractivity contribution < 1.29 is 17.9 Å². The lowest BCUT2D eigenvalue weighted by Gasteiger charge is -2.20. The van der Waals surface area contributed by atoms with Crippen LogP contribution in [0.5, 0.6) is 0 Å². The molecule has 1 saturated heterocycles. The van der Waals surface area contributed by atoms with Crippen molar-refractivity contribution in [2.24, 2.45) is 0 Å². The molecule has 0 aliphatic carbocycles. The molecule has 1 N–H and O–H groups in total.